The first kappa shape index (κ1) is 27.6. The molecular formula is C30H42N2O4. The van der Waals surface area contributed by atoms with Crippen LogP contribution in [0.2, 0.25) is 0 Å². The van der Waals surface area contributed by atoms with Crippen LogP contribution >= 0.6 is 0 Å². The summed E-state index contributed by atoms with van der Waals surface area (Å²) >= 11 is 0. The molecule has 1 aliphatic rings. The van der Waals surface area contributed by atoms with Crippen molar-refractivity contribution in [2.45, 2.75) is 65.2 Å². The second-order valence-corrected chi connectivity index (χ2v) is 9.39. The normalized spacial score (nSPS) is 13.5. The molecule has 0 radical (unpaired) electrons. The Labute approximate surface area is 216 Å². The predicted octanol–water partition coefficient (Wildman–Crippen LogP) is 6.20. The zero-order valence-electron chi connectivity index (χ0n) is 22.0. The zero-order valence-corrected chi connectivity index (χ0v) is 22.0. The number of para-hydroxylation sites is 2. The fraction of sp³-hybridized carbons (Fsp3) is 0.533. The molecule has 6 nitrogen and oxygen atoms in total. The highest BCUT2D eigenvalue weighted by molar-refractivity contribution is 5.98. The van der Waals surface area contributed by atoms with Crippen molar-refractivity contribution in [2.24, 2.45) is 0 Å². The summed E-state index contributed by atoms with van der Waals surface area (Å²) in [5.41, 5.74) is 1.18. The molecule has 0 N–H and O–H groups in total. The van der Waals surface area contributed by atoms with Crippen molar-refractivity contribution in [3.8, 4) is 11.5 Å². The summed E-state index contributed by atoms with van der Waals surface area (Å²) in [7, 11) is 0. The van der Waals surface area contributed by atoms with E-state index in [4.69, 9.17) is 9.47 Å². The molecule has 0 bridgehead atoms. The van der Waals surface area contributed by atoms with Gasteiger partial charge in [0.1, 0.15) is 11.5 Å². The Morgan fingerprint density at radius 1 is 0.611 bits per heavy atom. The van der Waals surface area contributed by atoms with E-state index >= 15 is 0 Å². The van der Waals surface area contributed by atoms with Gasteiger partial charge in [0.2, 0.25) is 0 Å². The molecule has 0 aliphatic carbocycles. The highest BCUT2D eigenvalue weighted by Gasteiger charge is 2.28. The molecule has 0 atom stereocenters. The van der Waals surface area contributed by atoms with Gasteiger partial charge in [-0.25, -0.2) is 0 Å². The number of amides is 2. The van der Waals surface area contributed by atoms with Gasteiger partial charge in [0.15, 0.2) is 0 Å². The van der Waals surface area contributed by atoms with Crippen molar-refractivity contribution < 1.29 is 19.1 Å². The summed E-state index contributed by atoms with van der Waals surface area (Å²) in [5, 5.41) is 0. The van der Waals surface area contributed by atoms with E-state index < -0.39 is 0 Å². The molecule has 2 aromatic rings. The van der Waals surface area contributed by atoms with Crippen LogP contribution in [0.5, 0.6) is 11.5 Å². The molecule has 1 heterocycles. The third-order valence-electron chi connectivity index (χ3n) is 6.60. The van der Waals surface area contributed by atoms with Crippen LogP contribution in [0.25, 0.3) is 0 Å². The summed E-state index contributed by atoms with van der Waals surface area (Å²) in [6.07, 6.45) is 9.00. The van der Waals surface area contributed by atoms with Crippen molar-refractivity contribution >= 4 is 11.8 Å². The molecule has 0 spiro atoms. The second-order valence-electron chi connectivity index (χ2n) is 9.39. The maximum absolute atomic E-state index is 13.3. The standard InChI is InChI=1S/C30H42N2O4/c1-3-5-7-13-23-35-27-17-11-9-15-25(27)29(33)31-19-21-32(22-20-31)30(34)26-16-10-12-18-28(26)36-24-14-8-6-4-2/h9-12,15-18H,3-8,13-14,19-24H2,1-2H3. The number of piperazine rings is 1. The number of benzene rings is 2. The quantitative estimate of drug-likeness (QED) is 0.293. The molecule has 196 valence electrons. The number of hydrogen-bond acceptors (Lipinski definition) is 4. The van der Waals surface area contributed by atoms with Crippen molar-refractivity contribution in [3.63, 3.8) is 0 Å². The van der Waals surface area contributed by atoms with E-state index in [1.807, 2.05) is 58.3 Å². The summed E-state index contributed by atoms with van der Waals surface area (Å²) < 4.78 is 11.9. The lowest BCUT2D eigenvalue weighted by Crippen LogP contribution is -2.50. The molecular weight excluding hydrogens is 452 g/mol. The lowest BCUT2D eigenvalue weighted by Gasteiger charge is -2.35. The van der Waals surface area contributed by atoms with Crippen LogP contribution in [-0.2, 0) is 0 Å². The van der Waals surface area contributed by atoms with Gasteiger partial charge in [0.25, 0.3) is 11.8 Å². The van der Waals surface area contributed by atoms with Crippen LogP contribution in [-0.4, -0.2) is 61.0 Å². The molecule has 3 rings (SSSR count). The summed E-state index contributed by atoms with van der Waals surface area (Å²) in [4.78, 5) is 30.2. The van der Waals surface area contributed by atoms with E-state index in [9.17, 15) is 9.59 Å². The highest BCUT2D eigenvalue weighted by atomic mass is 16.5. The van der Waals surface area contributed by atoms with E-state index in [1.165, 1.54) is 25.7 Å². The number of rotatable bonds is 14. The molecule has 1 fully saturated rings. The van der Waals surface area contributed by atoms with Gasteiger partial charge >= 0.3 is 0 Å². The monoisotopic (exact) mass is 494 g/mol. The Kier molecular flexibility index (Phi) is 11.6. The Morgan fingerprint density at radius 3 is 1.39 bits per heavy atom. The molecule has 0 unspecified atom stereocenters. The SMILES string of the molecule is CCCCCCOc1ccccc1C(=O)N1CCN(C(=O)c2ccccc2OCCCCCC)CC1. The molecule has 1 saturated heterocycles. The maximum Gasteiger partial charge on any atom is 0.257 e. The first-order chi connectivity index (χ1) is 17.7. The van der Waals surface area contributed by atoms with Crippen molar-refractivity contribution in [2.75, 3.05) is 39.4 Å². The largest absolute Gasteiger partial charge is 0.493 e. The number of carbonyl (C=O) groups excluding carboxylic acids is 2. The van der Waals surface area contributed by atoms with Crippen LogP contribution in [0, 0.1) is 0 Å². The van der Waals surface area contributed by atoms with Crippen LogP contribution in [0.1, 0.15) is 85.9 Å². The first-order valence-electron chi connectivity index (χ1n) is 13.7. The van der Waals surface area contributed by atoms with E-state index in [1.54, 1.807) is 0 Å². The third-order valence-corrected chi connectivity index (χ3v) is 6.60. The van der Waals surface area contributed by atoms with E-state index in [0.717, 1.165) is 25.7 Å². The van der Waals surface area contributed by atoms with Crippen molar-refractivity contribution in [3.05, 3.63) is 59.7 Å². The minimum atomic E-state index is -0.0398. The zero-order chi connectivity index (χ0) is 25.6. The fourth-order valence-corrected chi connectivity index (χ4v) is 4.41. The molecule has 1 aliphatic heterocycles. The average Bonchev–Trinajstić information content (AvgIpc) is 2.92. The van der Waals surface area contributed by atoms with Crippen molar-refractivity contribution in [1.82, 2.24) is 9.80 Å². The van der Waals surface area contributed by atoms with Crippen LogP contribution in [0.3, 0.4) is 0 Å². The Hall–Kier alpha value is -3.02. The molecule has 36 heavy (non-hydrogen) atoms. The van der Waals surface area contributed by atoms with Crippen LogP contribution < -0.4 is 9.47 Å². The van der Waals surface area contributed by atoms with Crippen molar-refractivity contribution in [1.29, 1.82) is 0 Å². The van der Waals surface area contributed by atoms with Gasteiger partial charge in [-0.05, 0) is 37.1 Å². The molecule has 0 saturated carbocycles. The number of carbonyl (C=O) groups is 2. The average molecular weight is 495 g/mol. The minimum absolute atomic E-state index is 0.0398. The Morgan fingerprint density at radius 2 is 1.00 bits per heavy atom. The Balaban J connectivity index is 1.54. The summed E-state index contributed by atoms with van der Waals surface area (Å²) in [6.45, 7) is 7.59. The van der Waals surface area contributed by atoms with Gasteiger partial charge in [-0.3, -0.25) is 9.59 Å². The minimum Gasteiger partial charge on any atom is -0.493 e. The van der Waals surface area contributed by atoms with E-state index in [-0.39, 0.29) is 11.8 Å². The number of hydrogen-bond donors (Lipinski definition) is 0. The molecule has 0 aromatic heterocycles. The van der Waals surface area contributed by atoms with Gasteiger partial charge in [-0.2, -0.15) is 0 Å². The fourth-order valence-electron chi connectivity index (χ4n) is 4.41. The van der Waals surface area contributed by atoms with Gasteiger partial charge < -0.3 is 19.3 Å². The lowest BCUT2D eigenvalue weighted by atomic mass is 10.1. The Bertz CT molecular complexity index is 876. The molecule has 2 amide bonds. The van der Waals surface area contributed by atoms with Gasteiger partial charge in [0.05, 0.1) is 24.3 Å². The van der Waals surface area contributed by atoms with Crippen LogP contribution in [0.4, 0.5) is 0 Å². The lowest BCUT2D eigenvalue weighted by molar-refractivity contribution is 0.0530. The molecule has 6 heteroatoms. The van der Waals surface area contributed by atoms with Gasteiger partial charge in [-0.15, -0.1) is 0 Å². The predicted molar refractivity (Wildman–Crippen MR) is 144 cm³/mol. The maximum atomic E-state index is 13.3. The number of unbranched alkanes of at least 4 members (excludes halogenated alkanes) is 6. The van der Waals surface area contributed by atoms with Gasteiger partial charge in [-0.1, -0.05) is 76.6 Å². The van der Waals surface area contributed by atoms with E-state index in [2.05, 4.69) is 13.8 Å². The first-order valence-corrected chi connectivity index (χ1v) is 13.7. The van der Waals surface area contributed by atoms with E-state index in [0.29, 0.717) is 62.0 Å². The highest BCUT2D eigenvalue weighted by Crippen LogP contribution is 2.24. The summed E-state index contributed by atoms with van der Waals surface area (Å²) in [6, 6.07) is 14.9. The third kappa shape index (κ3) is 8.00. The number of ether oxygens (including phenoxy) is 2. The smallest absolute Gasteiger partial charge is 0.257 e. The number of nitrogens with zero attached hydrogens (tertiary/aromatic N) is 2. The summed E-state index contributed by atoms with van der Waals surface area (Å²) in [5.74, 6) is 1.20. The van der Waals surface area contributed by atoms with Gasteiger partial charge in [0, 0.05) is 26.2 Å². The van der Waals surface area contributed by atoms with Crippen LogP contribution in [0.15, 0.2) is 48.5 Å². The second kappa shape index (κ2) is 15.2. The molecule has 2 aromatic carbocycles. The topological polar surface area (TPSA) is 59.1 Å².